The van der Waals surface area contributed by atoms with Crippen LogP contribution in [0.3, 0.4) is 0 Å². The Morgan fingerprint density at radius 1 is 1.24 bits per heavy atom. The van der Waals surface area contributed by atoms with Crippen molar-refractivity contribution in [3.63, 3.8) is 0 Å². The number of rotatable bonds is 5. The molecule has 1 saturated heterocycles. The lowest BCUT2D eigenvalue weighted by molar-refractivity contribution is -0.138. The zero-order chi connectivity index (χ0) is 15.2. The number of carboxylic acid groups (broad SMARTS) is 1. The molecule has 21 heavy (non-hydrogen) atoms. The zero-order valence-electron chi connectivity index (χ0n) is 12.8. The summed E-state index contributed by atoms with van der Waals surface area (Å²) in [6.45, 7) is 6.06. The summed E-state index contributed by atoms with van der Waals surface area (Å²) in [5.41, 5.74) is 1.33. The van der Waals surface area contributed by atoms with E-state index in [0.29, 0.717) is 6.04 Å². The molecule has 0 radical (unpaired) electrons. The van der Waals surface area contributed by atoms with Crippen LogP contribution in [0.1, 0.15) is 24.9 Å². The lowest BCUT2D eigenvalue weighted by atomic mass is 10.1. The lowest BCUT2D eigenvalue weighted by Gasteiger charge is -2.28. The Hall–Kier alpha value is -1.04. The Labute approximate surface area is 131 Å². The first-order chi connectivity index (χ1) is 10.1. The molecular formula is C16H24N2O2S. The highest BCUT2D eigenvalue weighted by Gasteiger charge is 2.21. The van der Waals surface area contributed by atoms with Crippen molar-refractivity contribution in [3.05, 3.63) is 29.8 Å². The Morgan fingerprint density at radius 3 is 2.57 bits per heavy atom. The summed E-state index contributed by atoms with van der Waals surface area (Å²) in [5.74, 6) is -0.732. The molecule has 0 bridgehead atoms. The Bertz CT molecular complexity index is 464. The molecule has 4 nitrogen and oxygen atoms in total. The summed E-state index contributed by atoms with van der Waals surface area (Å²) in [7, 11) is 0. The van der Waals surface area contributed by atoms with Crippen LogP contribution in [-0.2, 0) is 4.79 Å². The van der Waals surface area contributed by atoms with E-state index in [0.717, 1.165) is 32.6 Å². The maximum Gasteiger partial charge on any atom is 0.317 e. The molecule has 1 N–H and O–H groups in total. The van der Waals surface area contributed by atoms with Crippen LogP contribution in [0.25, 0.3) is 0 Å². The molecule has 1 heterocycles. The second-order valence-corrected chi connectivity index (χ2v) is 6.39. The van der Waals surface area contributed by atoms with Crippen molar-refractivity contribution in [1.29, 1.82) is 0 Å². The Balaban J connectivity index is 1.95. The van der Waals surface area contributed by atoms with E-state index < -0.39 is 5.97 Å². The number of aliphatic carboxylic acids is 1. The molecule has 1 aliphatic heterocycles. The molecule has 2 rings (SSSR count). The van der Waals surface area contributed by atoms with E-state index in [2.05, 4.69) is 42.3 Å². The summed E-state index contributed by atoms with van der Waals surface area (Å²) in [6, 6.07) is 9.13. The quantitative estimate of drug-likeness (QED) is 0.847. The molecule has 1 atom stereocenters. The molecule has 1 aromatic rings. The van der Waals surface area contributed by atoms with Crippen LogP contribution in [0.5, 0.6) is 0 Å². The molecule has 1 aromatic carbocycles. The molecule has 0 aliphatic carbocycles. The molecular weight excluding hydrogens is 284 g/mol. The second kappa shape index (κ2) is 7.82. The highest BCUT2D eigenvalue weighted by Crippen LogP contribution is 2.24. The van der Waals surface area contributed by atoms with Crippen molar-refractivity contribution in [2.75, 3.05) is 39.0 Å². The number of nitrogens with zero attached hydrogens (tertiary/aromatic N) is 2. The van der Waals surface area contributed by atoms with Gasteiger partial charge in [0, 0.05) is 37.1 Å². The zero-order valence-corrected chi connectivity index (χ0v) is 13.6. The number of carboxylic acids is 1. The predicted molar refractivity (Wildman–Crippen MR) is 86.9 cm³/mol. The van der Waals surface area contributed by atoms with Crippen LogP contribution >= 0.6 is 11.8 Å². The number of hydrogen-bond donors (Lipinski definition) is 1. The number of thioether (sulfide) groups is 1. The van der Waals surface area contributed by atoms with Gasteiger partial charge in [0.1, 0.15) is 0 Å². The van der Waals surface area contributed by atoms with E-state index in [1.165, 1.54) is 10.5 Å². The van der Waals surface area contributed by atoms with Gasteiger partial charge in [-0.2, -0.15) is 0 Å². The first-order valence-electron chi connectivity index (χ1n) is 7.42. The van der Waals surface area contributed by atoms with Gasteiger partial charge >= 0.3 is 5.97 Å². The minimum atomic E-state index is -0.732. The van der Waals surface area contributed by atoms with Gasteiger partial charge in [0.2, 0.25) is 0 Å². The maximum absolute atomic E-state index is 10.8. The van der Waals surface area contributed by atoms with Gasteiger partial charge in [0.25, 0.3) is 0 Å². The third-order valence-corrected chi connectivity index (χ3v) is 4.87. The molecule has 1 aliphatic rings. The molecule has 0 amide bonds. The average molecular weight is 308 g/mol. The third-order valence-electron chi connectivity index (χ3n) is 4.13. The molecule has 5 heteroatoms. The normalized spacial score (nSPS) is 19.1. The van der Waals surface area contributed by atoms with Gasteiger partial charge in [-0.25, -0.2) is 0 Å². The molecule has 1 unspecified atom stereocenters. The topological polar surface area (TPSA) is 43.8 Å². The van der Waals surface area contributed by atoms with E-state index in [-0.39, 0.29) is 6.54 Å². The van der Waals surface area contributed by atoms with Crippen LogP contribution in [0.2, 0.25) is 0 Å². The Morgan fingerprint density at radius 2 is 1.95 bits per heavy atom. The van der Waals surface area contributed by atoms with Gasteiger partial charge < -0.3 is 5.11 Å². The van der Waals surface area contributed by atoms with Gasteiger partial charge in [0.15, 0.2) is 0 Å². The fraction of sp³-hybridized carbons (Fsp3) is 0.562. The number of hydrogen-bond acceptors (Lipinski definition) is 4. The predicted octanol–water partition coefficient (Wildman–Crippen LogP) is 2.56. The van der Waals surface area contributed by atoms with Gasteiger partial charge in [-0.05, 0) is 37.3 Å². The van der Waals surface area contributed by atoms with E-state index in [9.17, 15) is 4.79 Å². The van der Waals surface area contributed by atoms with Crippen molar-refractivity contribution in [1.82, 2.24) is 9.80 Å². The van der Waals surface area contributed by atoms with E-state index in [1.54, 1.807) is 11.8 Å². The number of carbonyl (C=O) groups is 1. The second-order valence-electron chi connectivity index (χ2n) is 5.51. The molecule has 0 saturated carbocycles. The first kappa shape index (κ1) is 16.3. The minimum Gasteiger partial charge on any atom is -0.480 e. The lowest BCUT2D eigenvalue weighted by Crippen LogP contribution is -2.35. The van der Waals surface area contributed by atoms with Crippen LogP contribution < -0.4 is 0 Å². The van der Waals surface area contributed by atoms with Gasteiger partial charge in [0.05, 0.1) is 6.54 Å². The van der Waals surface area contributed by atoms with E-state index in [4.69, 9.17) is 5.11 Å². The highest BCUT2D eigenvalue weighted by molar-refractivity contribution is 7.98. The minimum absolute atomic E-state index is 0.157. The van der Waals surface area contributed by atoms with Crippen molar-refractivity contribution in [3.8, 4) is 0 Å². The van der Waals surface area contributed by atoms with E-state index >= 15 is 0 Å². The highest BCUT2D eigenvalue weighted by atomic mass is 32.2. The maximum atomic E-state index is 10.8. The molecule has 1 fully saturated rings. The van der Waals surface area contributed by atoms with Crippen molar-refractivity contribution < 1.29 is 9.90 Å². The largest absolute Gasteiger partial charge is 0.480 e. The van der Waals surface area contributed by atoms with Gasteiger partial charge in [-0.1, -0.05) is 12.1 Å². The van der Waals surface area contributed by atoms with Crippen molar-refractivity contribution >= 4 is 17.7 Å². The smallest absolute Gasteiger partial charge is 0.317 e. The fourth-order valence-electron chi connectivity index (χ4n) is 2.82. The van der Waals surface area contributed by atoms with Gasteiger partial charge in [-0.15, -0.1) is 11.8 Å². The van der Waals surface area contributed by atoms with Gasteiger partial charge in [-0.3, -0.25) is 14.6 Å². The van der Waals surface area contributed by atoms with Crippen LogP contribution in [0.15, 0.2) is 29.2 Å². The van der Waals surface area contributed by atoms with Crippen molar-refractivity contribution in [2.45, 2.75) is 24.3 Å². The Kier molecular flexibility index (Phi) is 6.08. The SMILES string of the molecule is CSc1ccc(C(C)N2CCCN(CC(=O)O)CC2)cc1. The number of benzene rings is 1. The summed E-state index contributed by atoms with van der Waals surface area (Å²) < 4.78 is 0. The monoisotopic (exact) mass is 308 g/mol. The average Bonchev–Trinajstić information content (AvgIpc) is 2.71. The van der Waals surface area contributed by atoms with Crippen LogP contribution in [0, 0.1) is 0 Å². The fourth-order valence-corrected chi connectivity index (χ4v) is 3.23. The molecule has 116 valence electrons. The molecule has 0 aromatic heterocycles. The standard InChI is InChI=1S/C16H24N2O2S/c1-13(14-4-6-15(21-2)7-5-14)18-9-3-8-17(10-11-18)12-16(19)20/h4-7,13H,3,8-12H2,1-2H3,(H,19,20). The summed E-state index contributed by atoms with van der Waals surface area (Å²) in [5, 5.41) is 8.90. The summed E-state index contributed by atoms with van der Waals surface area (Å²) in [6.07, 6.45) is 3.12. The van der Waals surface area contributed by atoms with Crippen LogP contribution in [0.4, 0.5) is 0 Å². The first-order valence-corrected chi connectivity index (χ1v) is 8.65. The molecule has 0 spiro atoms. The van der Waals surface area contributed by atoms with E-state index in [1.807, 2.05) is 4.90 Å². The third kappa shape index (κ3) is 4.73. The van der Waals surface area contributed by atoms with Crippen molar-refractivity contribution in [2.24, 2.45) is 0 Å². The van der Waals surface area contributed by atoms with Crippen LogP contribution in [-0.4, -0.2) is 59.9 Å². The summed E-state index contributed by atoms with van der Waals surface area (Å²) >= 11 is 1.76. The summed E-state index contributed by atoms with van der Waals surface area (Å²) in [4.78, 5) is 16.6.